The zero-order chi connectivity index (χ0) is 22.0. The Hall–Kier alpha value is -3.40. The van der Waals surface area contributed by atoms with Gasteiger partial charge in [-0.05, 0) is 66.5 Å². The molecule has 1 aliphatic rings. The Bertz CT molecular complexity index is 1470. The second kappa shape index (κ2) is 6.80. The highest BCUT2D eigenvalue weighted by Crippen LogP contribution is 2.50. The third-order valence-corrected chi connectivity index (χ3v) is 7.10. The minimum Gasteiger partial charge on any atom is -0.423 e. The van der Waals surface area contributed by atoms with Crippen LogP contribution in [0.2, 0.25) is 0 Å². The Kier molecular flexibility index (Phi) is 4.10. The fourth-order valence-electron chi connectivity index (χ4n) is 5.61. The van der Waals surface area contributed by atoms with Gasteiger partial charge in [-0.1, -0.05) is 98.8 Å². The molecule has 0 atom stereocenters. The van der Waals surface area contributed by atoms with Crippen LogP contribution in [0.25, 0.3) is 43.8 Å². The monoisotopic (exact) mass is 414 g/mol. The maximum absolute atomic E-state index is 10.2. The average Bonchev–Trinajstić information content (AvgIpc) is 3.04. The van der Waals surface area contributed by atoms with E-state index in [1.165, 1.54) is 22.3 Å². The van der Waals surface area contributed by atoms with Crippen molar-refractivity contribution in [3.63, 3.8) is 0 Å². The summed E-state index contributed by atoms with van der Waals surface area (Å²) in [5.74, 6) is 0. The van der Waals surface area contributed by atoms with E-state index in [4.69, 9.17) is 0 Å². The highest BCUT2D eigenvalue weighted by Gasteiger charge is 2.35. The number of rotatable bonds is 2. The van der Waals surface area contributed by atoms with Gasteiger partial charge in [0.2, 0.25) is 0 Å². The lowest BCUT2D eigenvalue weighted by Crippen LogP contribution is -2.31. The summed E-state index contributed by atoms with van der Waals surface area (Å²) in [5.41, 5.74) is 8.07. The molecule has 2 N–H and O–H groups in total. The van der Waals surface area contributed by atoms with E-state index in [1.807, 2.05) is 36.4 Å². The van der Waals surface area contributed by atoms with E-state index < -0.39 is 7.12 Å². The number of benzene rings is 5. The minimum absolute atomic E-state index is 0.0746. The van der Waals surface area contributed by atoms with Crippen LogP contribution in [0.1, 0.15) is 25.0 Å². The second-order valence-electron chi connectivity index (χ2n) is 9.18. The SMILES string of the molecule is CC1(C)c2ccccc2-c2ccc(-c3c4ccccc4c(B(O)O)c4ccccc34)cc21. The Morgan fingerprint density at radius 3 is 1.75 bits per heavy atom. The van der Waals surface area contributed by atoms with E-state index >= 15 is 0 Å². The smallest absolute Gasteiger partial charge is 0.423 e. The number of hydrogen-bond acceptors (Lipinski definition) is 2. The van der Waals surface area contributed by atoms with Crippen molar-refractivity contribution in [2.75, 3.05) is 0 Å². The van der Waals surface area contributed by atoms with Crippen LogP contribution in [0.5, 0.6) is 0 Å². The van der Waals surface area contributed by atoms with Crippen LogP contribution in [0, 0.1) is 0 Å². The summed E-state index contributed by atoms with van der Waals surface area (Å²) in [5, 5.41) is 24.3. The second-order valence-corrected chi connectivity index (χ2v) is 9.18. The van der Waals surface area contributed by atoms with E-state index in [0.717, 1.165) is 32.7 Å². The van der Waals surface area contributed by atoms with Gasteiger partial charge in [0.05, 0.1) is 0 Å². The Morgan fingerprint density at radius 2 is 1.12 bits per heavy atom. The first kappa shape index (κ1) is 19.3. The maximum Gasteiger partial charge on any atom is 0.489 e. The Balaban J connectivity index is 1.71. The molecule has 0 heterocycles. The summed E-state index contributed by atoms with van der Waals surface area (Å²) >= 11 is 0. The fraction of sp³-hybridized carbons (Fsp3) is 0.103. The summed E-state index contributed by atoms with van der Waals surface area (Å²) in [4.78, 5) is 0. The van der Waals surface area contributed by atoms with Crippen molar-refractivity contribution in [3.05, 3.63) is 102 Å². The molecule has 5 aromatic carbocycles. The molecule has 0 amide bonds. The zero-order valence-electron chi connectivity index (χ0n) is 18.1. The number of hydrogen-bond donors (Lipinski definition) is 2. The van der Waals surface area contributed by atoms with Crippen LogP contribution in [0.15, 0.2) is 91.0 Å². The van der Waals surface area contributed by atoms with Crippen molar-refractivity contribution in [1.29, 1.82) is 0 Å². The van der Waals surface area contributed by atoms with Crippen molar-refractivity contribution in [2.24, 2.45) is 0 Å². The first-order chi connectivity index (χ1) is 15.5. The van der Waals surface area contributed by atoms with Crippen molar-refractivity contribution >= 4 is 34.1 Å². The minimum atomic E-state index is -1.53. The van der Waals surface area contributed by atoms with Gasteiger partial charge in [-0.25, -0.2) is 0 Å². The summed E-state index contributed by atoms with van der Waals surface area (Å²) in [6, 6.07) is 31.5. The molecule has 0 saturated heterocycles. The third-order valence-electron chi connectivity index (χ3n) is 7.10. The van der Waals surface area contributed by atoms with Crippen LogP contribution >= 0.6 is 0 Å². The van der Waals surface area contributed by atoms with Gasteiger partial charge < -0.3 is 10.0 Å². The van der Waals surface area contributed by atoms with Crippen molar-refractivity contribution in [1.82, 2.24) is 0 Å². The molecule has 32 heavy (non-hydrogen) atoms. The summed E-state index contributed by atoms with van der Waals surface area (Å²) in [7, 11) is -1.53. The normalized spacial score (nSPS) is 13.9. The predicted molar refractivity (Wildman–Crippen MR) is 134 cm³/mol. The average molecular weight is 414 g/mol. The maximum atomic E-state index is 10.2. The molecule has 0 radical (unpaired) electrons. The third kappa shape index (κ3) is 2.56. The van der Waals surface area contributed by atoms with Crippen LogP contribution in [-0.2, 0) is 5.41 Å². The molecule has 0 spiro atoms. The van der Waals surface area contributed by atoms with Gasteiger partial charge in [0.15, 0.2) is 0 Å². The van der Waals surface area contributed by atoms with Crippen molar-refractivity contribution in [2.45, 2.75) is 19.3 Å². The molecule has 0 bridgehead atoms. The zero-order valence-corrected chi connectivity index (χ0v) is 18.1. The van der Waals surface area contributed by atoms with E-state index in [1.54, 1.807) is 0 Å². The summed E-state index contributed by atoms with van der Waals surface area (Å²) in [6.45, 7) is 4.59. The summed E-state index contributed by atoms with van der Waals surface area (Å²) in [6.07, 6.45) is 0. The molecule has 1 aliphatic carbocycles. The first-order valence-electron chi connectivity index (χ1n) is 11.0. The van der Waals surface area contributed by atoms with Gasteiger partial charge >= 0.3 is 7.12 Å². The lowest BCUT2D eigenvalue weighted by Gasteiger charge is -2.23. The largest absolute Gasteiger partial charge is 0.489 e. The molecule has 6 rings (SSSR count). The summed E-state index contributed by atoms with van der Waals surface area (Å²) < 4.78 is 0. The highest BCUT2D eigenvalue weighted by molar-refractivity contribution is 6.66. The first-order valence-corrected chi connectivity index (χ1v) is 11.0. The molecular weight excluding hydrogens is 391 g/mol. The quantitative estimate of drug-likeness (QED) is 0.290. The predicted octanol–water partition coefficient (Wildman–Crippen LogP) is 5.65. The van der Waals surface area contributed by atoms with E-state index in [0.29, 0.717) is 5.46 Å². The van der Waals surface area contributed by atoms with Gasteiger partial charge in [-0.15, -0.1) is 0 Å². The van der Waals surface area contributed by atoms with E-state index in [2.05, 4.69) is 68.4 Å². The molecule has 0 fully saturated rings. The molecule has 2 nitrogen and oxygen atoms in total. The number of fused-ring (bicyclic) bond motifs is 5. The van der Waals surface area contributed by atoms with E-state index in [9.17, 15) is 10.0 Å². The van der Waals surface area contributed by atoms with Crippen LogP contribution in [-0.4, -0.2) is 17.2 Å². The molecule has 3 heteroatoms. The van der Waals surface area contributed by atoms with Gasteiger partial charge in [-0.2, -0.15) is 0 Å². The van der Waals surface area contributed by atoms with Crippen molar-refractivity contribution in [3.8, 4) is 22.3 Å². The Morgan fingerprint density at radius 1 is 0.594 bits per heavy atom. The van der Waals surface area contributed by atoms with Crippen LogP contribution in [0.3, 0.4) is 0 Å². The van der Waals surface area contributed by atoms with Crippen LogP contribution in [0.4, 0.5) is 0 Å². The van der Waals surface area contributed by atoms with Gasteiger partial charge in [0.25, 0.3) is 0 Å². The topological polar surface area (TPSA) is 40.5 Å². The van der Waals surface area contributed by atoms with E-state index in [-0.39, 0.29) is 5.41 Å². The Labute approximate surface area is 187 Å². The molecule has 5 aromatic rings. The standard InChI is InChI=1S/C29H23BO2/c1-29(2)25-14-8-7-9-19(25)20-16-15-18(17-26(20)29)27-21-10-3-5-12-23(21)28(30(31)32)24-13-6-4-11-22(24)27/h3-17,31-32H,1-2H3. The van der Waals surface area contributed by atoms with Gasteiger partial charge in [-0.3, -0.25) is 0 Å². The van der Waals surface area contributed by atoms with Crippen molar-refractivity contribution < 1.29 is 10.0 Å². The lowest BCUT2D eigenvalue weighted by molar-refractivity contribution is 0.426. The lowest BCUT2D eigenvalue weighted by atomic mass is 9.72. The molecule has 154 valence electrons. The van der Waals surface area contributed by atoms with Gasteiger partial charge in [0.1, 0.15) is 0 Å². The molecule has 0 aliphatic heterocycles. The molecular formula is C29H23BO2. The highest BCUT2D eigenvalue weighted by atomic mass is 16.4. The molecule has 0 saturated carbocycles. The molecule has 0 aromatic heterocycles. The van der Waals surface area contributed by atoms with Crippen LogP contribution < -0.4 is 5.46 Å². The molecule has 0 unspecified atom stereocenters. The fourth-order valence-corrected chi connectivity index (χ4v) is 5.61. The van der Waals surface area contributed by atoms with Gasteiger partial charge in [0, 0.05) is 5.41 Å².